The van der Waals surface area contributed by atoms with E-state index in [9.17, 15) is 38.4 Å². The van der Waals surface area contributed by atoms with Crippen molar-refractivity contribution < 1.29 is 71.5 Å². The molecule has 12 aromatic carbocycles. The second-order valence-corrected chi connectivity index (χ2v) is 35.1. The van der Waals surface area contributed by atoms with Gasteiger partial charge in [-0.1, -0.05) is 237 Å². The predicted octanol–water partition coefficient (Wildman–Crippen LogP) is 12.7. The molecule has 8 amide bonds. The summed E-state index contributed by atoms with van der Waals surface area (Å²) < 4.78 is 44.1. The van der Waals surface area contributed by atoms with Crippen LogP contribution in [0.2, 0.25) is 0 Å². The average molecular weight is 1940 g/mol. The SMILES string of the molecule is CN(C)c1ccc(C(c2ccc(OCCCC(=O)NCCNC(=O)CN3CCN(CC(=O)NCCNC(=O)c4cccc(OCc5ccccc5)c4OCc4ccccc4)CCN(CC(=O)NCCNC(=O)c4cccc(OCc5ccccc5)c4OCc4ccccc4)CCN(CC(=O)NCCNC(=O)c4cccc(OCc5ccccc5)c4OCc4ccccc4)CC3)cc2)c2ccc(N(C)C)cc2)cc1. The molecule has 143 heavy (non-hydrogen) atoms. The van der Waals surface area contributed by atoms with Crippen LogP contribution in [0.5, 0.6) is 40.2 Å². The molecular formula is C114H130N14O15. The predicted molar refractivity (Wildman–Crippen MR) is 555 cm³/mol. The van der Waals surface area contributed by atoms with Gasteiger partial charge < -0.3 is 85.5 Å². The maximum atomic E-state index is 14.4. The third kappa shape index (κ3) is 34.7. The Morgan fingerprint density at radius 2 is 0.497 bits per heavy atom. The van der Waals surface area contributed by atoms with Crippen molar-refractivity contribution in [3.8, 4) is 40.2 Å². The molecule has 0 bridgehead atoms. The first-order valence-corrected chi connectivity index (χ1v) is 48.6. The highest BCUT2D eigenvalue weighted by Gasteiger charge is 2.27. The van der Waals surface area contributed by atoms with Crippen LogP contribution >= 0.6 is 0 Å². The lowest BCUT2D eigenvalue weighted by molar-refractivity contribution is -0.125. The van der Waals surface area contributed by atoms with Gasteiger partial charge in [0.15, 0.2) is 34.5 Å². The summed E-state index contributed by atoms with van der Waals surface area (Å²) in [6.07, 6.45) is 0.636. The third-order valence-corrected chi connectivity index (χ3v) is 23.9. The quantitative estimate of drug-likeness (QED) is 0.0130. The number of carbonyl (C=O) groups is 8. The summed E-state index contributed by atoms with van der Waals surface area (Å²) in [6.45, 7) is 3.70. The van der Waals surface area contributed by atoms with Gasteiger partial charge in [0.25, 0.3) is 17.7 Å². The number of benzene rings is 12. The lowest BCUT2D eigenvalue weighted by Crippen LogP contribution is -2.52. The first-order valence-electron chi connectivity index (χ1n) is 48.6. The number of amides is 8. The van der Waals surface area contributed by atoms with E-state index in [4.69, 9.17) is 33.2 Å². The van der Waals surface area contributed by atoms with Gasteiger partial charge in [-0.2, -0.15) is 0 Å². The molecule has 1 heterocycles. The molecule has 29 nitrogen and oxygen atoms in total. The van der Waals surface area contributed by atoms with Crippen LogP contribution in [0.3, 0.4) is 0 Å². The summed E-state index contributed by atoms with van der Waals surface area (Å²) in [7, 11) is 8.11. The standard InChI is InChI=1S/C114H130N14O15/c1-123(2)94-52-46-91(47-53-94)108(92-48-54-95(55-49-92)124(3)4)93-50-56-96(57-51-93)137-74-26-45-103(129)115-58-59-116-104(130)75-125-66-68-126(76-105(131)117-60-63-120-112(134)97-39-23-42-100(138-79-85-27-11-5-12-28-85)109(97)141-82-88-33-17-8-18-34-88)70-72-128(78-107(133)119-62-65-122-114(136)99-41-25-44-102(140-81-87-31-15-7-16-32-87)111(99)143-84-90-37-21-10-22-38-90)73-71-127(69-67-125)77-106(132)118-61-64-121-113(135)98-40-24-43-101(139-80-86-29-13-6-14-30-86)110(98)142-83-89-35-19-9-20-36-89/h5-25,27-44,46-57,108H,26,45,58-84H2,1-4H3,(H,115,129)(H,116,130)(H,117,131)(H,118,132)(H,119,133)(H,120,134)(H,121,135)(H,122,136). The topological polar surface area (TPSA) is 317 Å². The van der Waals surface area contributed by atoms with Crippen LogP contribution in [0, 0.1) is 0 Å². The molecule has 12 aromatic rings. The van der Waals surface area contributed by atoms with Crippen molar-refractivity contribution in [1.82, 2.24) is 62.1 Å². The Balaban J connectivity index is 0.667. The molecule has 0 unspecified atom stereocenters. The lowest BCUT2D eigenvalue weighted by atomic mass is 9.85. The van der Waals surface area contributed by atoms with E-state index < -0.39 is 17.7 Å². The van der Waals surface area contributed by atoms with E-state index in [1.54, 1.807) is 54.6 Å². The minimum Gasteiger partial charge on any atom is -0.494 e. The van der Waals surface area contributed by atoms with Crippen LogP contribution in [0.25, 0.3) is 0 Å². The molecule has 1 saturated heterocycles. The zero-order chi connectivity index (χ0) is 100.0. The third-order valence-electron chi connectivity index (χ3n) is 23.9. The summed E-state index contributed by atoms with van der Waals surface area (Å²) in [5.74, 6) is -0.328. The van der Waals surface area contributed by atoms with E-state index >= 15 is 0 Å². The Morgan fingerprint density at radius 1 is 0.259 bits per heavy atom. The highest BCUT2D eigenvalue weighted by atomic mass is 16.5. The Hall–Kier alpha value is -15.6. The van der Waals surface area contributed by atoms with Crippen LogP contribution < -0.4 is 85.5 Å². The molecule has 0 aromatic heterocycles. The van der Waals surface area contributed by atoms with Crippen molar-refractivity contribution in [1.29, 1.82) is 0 Å². The zero-order valence-corrected chi connectivity index (χ0v) is 81.8. The van der Waals surface area contributed by atoms with Gasteiger partial charge in [0.05, 0.1) is 49.5 Å². The number of para-hydroxylation sites is 3. The smallest absolute Gasteiger partial charge is 0.255 e. The maximum absolute atomic E-state index is 14.4. The highest BCUT2D eigenvalue weighted by Crippen LogP contribution is 2.39. The van der Waals surface area contributed by atoms with E-state index in [0.29, 0.717) is 36.0 Å². The second-order valence-electron chi connectivity index (χ2n) is 35.1. The zero-order valence-electron chi connectivity index (χ0n) is 81.8. The number of nitrogens with zero attached hydrogens (tertiary/aromatic N) is 6. The largest absolute Gasteiger partial charge is 0.494 e. The van der Waals surface area contributed by atoms with E-state index in [1.165, 1.54) is 0 Å². The number of hydrogen-bond donors (Lipinski definition) is 8. The first kappa shape index (κ1) is 105. The van der Waals surface area contributed by atoms with Crippen molar-refractivity contribution in [3.63, 3.8) is 0 Å². The van der Waals surface area contributed by atoms with Crippen molar-refractivity contribution in [2.45, 2.75) is 58.4 Å². The van der Waals surface area contributed by atoms with Crippen molar-refractivity contribution in [3.05, 3.63) is 376 Å². The number of carbonyl (C=O) groups excluding carboxylic acids is 8. The Labute approximate surface area is 837 Å². The van der Waals surface area contributed by atoms with E-state index in [0.717, 1.165) is 61.4 Å². The van der Waals surface area contributed by atoms with Gasteiger partial charge in [0.1, 0.15) is 45.4 Å². The molecule has 13 rings (SSSR count). The Morgan fingerprint density at radius 3 is 0.755 bits per heavy atom. The van der Waals surface area contributed by atoms with Gasteiger partial charge in [-0.15, -0.1) is 0 Å². The van der Waals surface area contributed by atoms with E-state index in [2.05, 4.69) is 113 Å². The van der Waals surface area contributed by atoms with Crippen LogP contribution in [-0.2, 0) is 63.6 Å². The van der Waals surface area contributed by atoms with Crippen LogP contribution in [-0.4, -0.2) is 233 Å². The van der Waals surface area contributed by atoms with Crippen molar-refractivity contribution in [2.24, 2.45) is 0 Å². The first-order chi connectivity index (χ1) is 69.9. The number of rotatable bonds is 51. The molecule has 0 saturated carbocycles. The molecule has 1 aliphatic rings. The van der Waals surface area contributed by atoms with Crippen molar-refractivity contribution in [2.75, 3.05) is 175 Å². The molecule has 8 N–H and O–H groups in total. The number of nitrogens with one attached hydrogen (secondary N) is 8. The summed E-state index contributed by atoms with van der Waals surface area (Å²) in [5, 5.41) is 23.8. The van der Waals surface area contributed by atoms with E-state index in [-0.39, 0.29) is 246 Å². The molecule has 29 heteroatoms. The number of ether oxygens (including phenoxy) is 7. The van der Waals surface area contributed by atoms with Gasteiger partial charge in [-0.25, -0.2) is 0 Å². The summed E-state index contributed by atoms with van der Waals surface area (Å²) in [5.41, 5.74) is 11.8. The molecule has 1 fully saturated rings. The summed E-state index contributed by atoms with van der Waals surface area (Å²) >= 11 is 0. The van der Waals surface area contributed by atoms with Crippen molar-refractivity contribution >= 4 is 58.6 Å². The van der Waals surface area contributed by atoms with Crippen LogP contribution in [0.1, 0.15) is 99.9 Å². The lowest BCUT2D eigenvalue weighted by Gasteiger charge is -2.33. The molecule has 0 atom stereocenters. The van der Waals surface area contributed by atoms with Gasteiger partial charge in [0, 0.05) is 157 Å². The van der Waals surface area contributed by atoms with Crippen LogP contribution in [0.4, 0.5) is 11.4 Å². The molecule has 0 spiro atoms. The maximum Gasteiger partial charge on any atom is 0.255 e. The van der Waals surface area contributed by atoms with Gasteiger partial charge >= 0.3 is 0 Å². The van der Waals surface area contributed by atoms with Gasteiger partial charge in [0.2, 0.25) is 29.5 Å². The fraction of sp³-hybridized carbons (Fsp3) is 0.298. The summed E-state index contributed by atoms with van der Waals surface area (Å²) in [4.78, 5) is 125. The highest BCUT2D eigenvalue weighted by molar-refractivity contribution is 5.99. The van der Waals surface area contributed by atoms with E-state index in [1.807, 2.05) is 242 Å². The van der Waals surface area contributed by atoms with Crippen LogP contribution in [0.15, 0.2) is 309 Å². The molecule has 746 valence electrons. The second kappa shape index (κ2) is 56.6. The van der Waals surface area contributed by atoms with Gasteiger partial charge in [-0.3, -0.25) is 58.0 Å². The Bertz CT molecular complexity index is 5750. The average Bonchev–Trinajstić information content (AvgIpc) is 0.696. The van der Waals surface area contributed by atoms with Gasteiger partial charge in [-0.05, 0) is 129 Å². The fourth-order valence-electron chi connectivity index (χ4n) is 16.1. The molecular weight excluding hydrogens is 1810 g/mol. The monoisotopic (exact) mass is 1930 g/mol. The number of anilines is 2. The normalized spacial score (nSPS) is 12.6. The summed E-state index contributed by atoms with van der Waals surface area (Å²) in [6, 6.07) is 98.5. The number of hydrogen-bond acceptors (Lipinski definition) is 21. The molecule has 0 aliphatic carbocycles. The minimum absolute atomic E-state index is 0.0220. The minimum atomic E-state index is -0.446. The fourth-order valence-corrected chi connectivity index (χ4v) is 16.1. The molecule has 1 aliphatic heterocycles. The molecule has 0 radical (unpaired) electrons. The Kier molecular flexibility index (Phi) is 41.5.